The SMILES string of the molecule is CCOC(=O)c1cn2ccc(Br)cc2n1.COCc1cn2ccc(Br)cc2n1.Cc1nc2cc(Br)ccn2c1C.Cc1nc2cc(COC=O)ccn2c1C.ClCc1cn2ccc(Br)cc2n1.OCc1cn2ccc(Br)cc2n1. The molecular weight excluding hydrogens is 1360 g/mol. The van der Waals surface area contributed by atoms with Gasteiger partial charge in [0.1, 0.15) is 40.5 Å². The number of rotatable bonds is 9. The number of aliphatic hydroxyl groups excluding tert-OH is 1. The Balaban J connectivity index is 0.000000138. The second-order valence-corrected chi connectivity index (χ2v) is 21.9. The highest BCUT2D eigenvalue weighted by Gasteiger charge is 2.12. The number of hydrogen-bond donors (Lipinski definition) is 1. The summed E-state index contributed by atoms with van der Waals surface area (Å²) in [5.41, 5.74) is 13.5. The van der Waals surface area contributed by atoms with E-state index in [2.05, 4.69) is 126 Å². The number of esters is 1. The maximum Gasteiger partial charge on any atom is 0.358 e. The molecule has 12 heterocycles. The minimum Gasteiger partial charge on any atom is -0.463 e. The van der Waals surface area contributed by atoms with Crippen molar-refractivity contribution in [2.24, 2.45) is 0 Å². The van der Waals surface area contributed by atoms with Crippen LogP contribution in [0.5, 0.6) is 0 Å². The number of imidazole rings is 6. The van der Waals surface area contributed by atoms with E-state index in [-0.39, 0.29) is 6.61 Å². The molecule has 0 unspecified atom stereocenters. The molecule has 0 atom stereocenters. The molecule has 24 heteroatoms. The third-order valence-corrected chi connectivity index (χ3v) is 14.2. The van der Waals surface area contributed by atoms with E-state index in [1.165, 1.54) is 5.69 Å². The molecule has 12 rings (SSSR count). The number of alkyl halides is 1. The monoisotopic (exact) mass is 1410 g/mol. The first kappa shape index (κ1) is 60.3. The molecule has 0 aliphatic rings. The molecule has 0 aliphatic heterocycles. The second-order valence-electron chi connectivity index (χ2n) is 17.0. The van der Waals surface area contributed by atoms with Gasteiger partial charge in [-0.15, -0.1) is 11.6 Å². The smallest absolute Gasteiger partial charge is 0.358 e. The van der Waals surface area contributed by atoms with Gasteiger partial charge in [0.25, 0.3) is 6.47 Å². The lowest BCUT2D eigenvalue weighted by molar-refractivity contribution is -0.129. The van der Waals surface area contributed by atoms with E-state index in [9.17, 15) is 9.59 Å². The van der Waals surface area contributed by atoms with Gasteiger partial charge in [-0.1, -0.05) is 79.6 Å². The van der Waals surface area contributed by atoms with Crippen LogP contribution in [0.1, 0.15) is 62.8 Å². The van der Waals surface area contributed by atoms with E-state index >= 15 is 0 Å². The molecule has 12 aromatic rings. The van der Waals surface area contributed by atoms with Gasteiger partial charge < -0.3 is 45.7 Å². The van der Waals surface area contributed by atoms with Gasteiger partial charge in [0.05, 0.1) is 54.2 Å². The van der Waals surface area contributed by atoms with E-state index in [4.69, 9.17) is 26.2 Å². The topological polar surface area (TPSA) is 186 Å². The number of fused-ring (bicyclic) bond motifs is 6. The number of hydrogen-bond acceptors (Lipinski definition) is 12. The molecular formula is C55H52Br5ClN12O6. The summed E-state index contributed by atoms with van der Waals surface area (Å²) in [6.07, 6.45) is 18.9. The van der Waals surface area contributed by atoms with Gasteiger partial charge in [0.2, 0.25) is 0 Å². The van der Waals surface area contributed by atoms with E-state index < -0.39 is 5.97 Å². The summed E-state index contributed by atoms with van der Waals surface area (Å²) < 4.78 is 31.3. The van der Waals surface area contributed by atoms with E-state index in [1.807, 2.05) is 167 Å². The van der Waals surface area contributed by atoms with Gasteiger partial charge in [-0.2, -0.15) is 0 Å². The van der Waals surface area contributed by atoms with Gasteiger partial charge in [-0.05, 0) is 113 Å². The number of carbonyl (C=O) groups is 2. The first-order valence-electron chi connectivity index (χ1n) is 24.0. The molecule has 1 N–H and O–H groups in total. The van der Waals surface area contributed by atoms with Crippen LogP contribution in [0.15, 0.2) is 157 Å². The number of halogens is 6. The van der Waals surface area contributed by atoms with Crippen LogP contribution in [0.4, 0.5) is 0 Å². The fourth-order valence-electron chi connectivity index (χ4n) is 7.45. The third kappa shape index (κ3) is 16.4. The summed E-state index contributed by atoms with van der Waals surface area (Å²) >= 11 is 22.5. The highest BCUT2D eigenvalue weighted by Crippen LogP contribution is 2.19. The van der Waals surface area contributed by atoms with Crippen molar-refractivity contribution >= 4 is 138 Å². The van der Waals surface area contributed by atoms with Crippen molar-refractivity contribution in [1.29, 1.82) is 0 Å². The Hall–Kier alpha value is -6.31. The van der Waals surface area contributed by atoms with Crippen molar-refractivity contribution in [1.82, 2.24) is 56.3 Å². The summed E-state index contributed by atoms with van der Waals surface area (Å²) in [6.45, 7) is 11.5. The van der Waals surface area contributed by atoms with Crippen molar-refractivity contribution < 1.29 is 28.9 Å². The molecule has 0 saturated carbocycles. The summed E-state index contributed by atoms with van der Waals surface area (Å²) in [7, 11) is 1.67. The average molecular weight is 1410 g/mol. The number of ether oxygens (including phenoxy) is 3. The van der Waals surface area contributed by atoms with Gasteiger partial charge in [0.15, 0.2) is 5.69 Å². The molecule has 12 aromatic heterocycles. The summed E-state index contributed by atoms with van der Waals surface area (Å²) in [6, 6.07) is 23.3. The molecule has 79 heavy (non-hydrogen) atoms. The Labute approximate surface area is 501 Å². The van der Waals surface area contributed by atoms with Crippen molar-refractivity contribution in [3.63, 3.8) is 0 Å². The number of methoxy groups -OCH3 is 1. The zero-order chi connectivity index (χ0) is 56.8. The first-order chi connectivity index (χ1) is 38.0. The number of pyridine rings is 6. The lowest BCUT2D eigenvalue weighted by Gasteiger charge is -2.01. The lowest BCUT2D eigenvalue weighted by atomic mass is 10.3. The average Bonchev–Trinajstić information content (AvgIpc) is 4.32. The molecule has 0 fully saturated rings. The standard InChI is InChI=1S/C11H12N2O2.C10H9BrN2O2.C9H9BrN2O.C9H9BrN2.C8H6BrClN2.C8H7BrN2O/c1-8-9(2)13-4-3-10(6-15-7-14)5-11(13)12-8;1-2-15-10(14)8-6-13-4-3-7(11)5-9(13)12-8;1-13-6-8-5-12-3-2-7(10)4-9(12)11-8;1-6-7(2)12-4-3-8(10)5-9(12)11-6;9-6-1-2-12-5-7(4-10)11-8(12)3-6;9-6-1-2-11-4-7(5-12)10-8(11)3-6/h3-5,7H,6H2,1-2H3;3-6H,2H2,1H3;2-5H,6H2,1H3;3-5H,1-2H3;1-3,5H,4H2;1-4,12H,5H2. The fourth-order valence-corrected chi connectivity index (χ4v) is 9.20. The van der Waals surface area contributed by atoms with Gasteiger partial charge in [-0.25, -0.2) is 34.7 Å². The minimum absolute atomic E-state index is 0.0146. The number of nitrogens with zero attached hydrogens (tertiary/aromatic N) is 12. The van der Waals surface area contributed by atoms with E-state index in [0.717, 1.165) is 84.6 Å². The Morgan fingerprint density at radius 1 is 0.557 bits per heavy atom. The largest absolute Gasteiger partial charge is 0.463 e. The van der Waals surface area contributed by atoms with Crippen LogP contribution >= 0.6 is 91.3 Å². The normalized spacial score (nSPS) is 10.7. The minimum atomic E-state index is -0.391. The van der Waals surface area contributed by atoms with Crippen molar-refractivity contribution in [3.8, 4) is 0 Å². The Bertz CT molecular complexity index is 3940. The van der Waals surface area contributed by atoms with Crippen LogP contribution in [0, 0.1) is 27.7 Å². The molecule has 0 aliphatic carbocycles. The Morgan fingerprint density at radius 2 is 0.975 bits per heavy atom. The molecule has 0 amide bonds. The Kier molecular flexibility index (Phi) is 21.9. The van der Waals surface area contributed by atoms with Gasteiger partial charge >= 0.3 is 5.97 Å². The molecule has 0 aromatic carbocycles. The summed E-state index contributed by atoms with van der Waals surface area (Å²) in [5, 5.41) is 8.82. The maximum atomic E-state index is 11.4. The van der Waals surface area contributed by atoms with Gasteiger partial charge in [-0.3, -0.25) is 4.79 Å². The lowest BCUT2D eigenvalue weighted by Crippen LogP contribution is -2.04. The molecule has 0 saturated heterocycles. The quantitative estimate of drug-likeness (QED) is 0.0820. The summed E-state index contributed by atoms with van der Waals surface area (Å²) in [5.74, 6) is 0.0663. The highest BCUT2D eigenvalue weighted by atomic mass is 79.9. The maximum absolute atomic E-state index is 11.4. The molecule has 0 spiro atoms. The van der Waals surface area contributed by atoms with E-state index in [0.29, 0.717) is 49.2 Å². The second kappa shape index (κ2) is 28.7. The van der Waals surface area contributed by atoms with Gasteiger partial charge in [0, 0.05) is 103 Å². The van der Waals surface area contributed by atoms with Crippen molar-refractivity contribution in [2.45, 2.75) is 60.3 Å². The van der Waals surface area contributed by atoms with Crippen LogP contribution in [0.2, 0.25) is 0 Å². The van der Waals surface area contributed by atoms with Crippen molar-refractivity contribution in [3.05, 3.63) is 208 Å². The van der Waals surface area contributed by atoms with Crippen LogP contribution in [-0.2, 0) is 44.7 Å². The van der Waals surface area contributed by atoms with Crippen molar-refractivity contribution in [2.75, 3.05) is 13.7 Å². The first-order valence-corrected chi connectivity index (χ1v) is 28.5. The zero-order valence-corrected chi connectivity index (χ0v) is 52.1. The number of carbonyl (C=O) groups excluding carboxylic acids is 2. The zero-order valence-electron chi connectivity index (χ0n) is 43.4. The molecule has 0 radical (unpaired) electrons. The fraction of sp³-hybridized carbons (Fsp3) is 0.200. The number of aliphatic hydroxyl groups is 1. The highest BCUT2D eigenvalue weighted by molar-refractivity contribution is 9.11. The third-order valence-electron chi connectivity index (χ3n) is 11.5. The predicted octanol–water partition coefficient (Wildman–Crippen LogP) is 13.3. The van der Waals surface area contributed by atoms with Crippen LogP contribution < -0.4 is 0 Å². The van der Waals surface area contributed by atoms with E-state index in [1.54, 1.807) is 24.6 Å². The predicted molar refractivity (Wildman–Crippen MR) is 322 cm³/mol. The van der Waals surface area contributed by atoms with Crippen LogP contribution in [-0.4, -0.2) is 87.6 Å². The summed E-state index contributed by atoms with van der Waals surface area (Å²) in [4.78, 5) is 47.2. The molecule has 410 valence electrons. The number of aryl methyl sites for hydroxylation is 4. The Morgan fingerprint density at radius 3 is 1.46 bits per heavy atom. The van der Waals surface area contributed by atoms with Crippen LogP contribution in [0.25, 0.3) is 33.9 Å². The van der Waals surface area contributed by atoms with Crippen LogP contribution in [0.3, 0.4) is 0 Å². The number of aromatic nitrogens is 12. The molecule has 0 bridgehead atoms. The molecule has 18 nitrogen and oxygen atoms in total.